The monoisotopic (exact) mass is 267 g/mol. The Morgan fingerprint density at radius 2 is 1.79 bits per heavy atom. The van der Waals surface area contributed by atoms with Gasteiger partial charge in [-0.2, -0.15) is 0 Å². The van der Waals surface area contributed by atoms with Gasteiger partial charge in [-0.3, -0.25) is 4.79 Å². The molecule has 19 heavy (non-hydrogen) atoms. The summed E-state index contributed by atoms with van der Waals surface area (Å²) in [4.78, 5) is 24.2. The number of halogens is 1. The highest BCUT2D eigenvalue weighted by atomic mass is 19.1. The number of rotatable bonds is 5. The minimum absolute atomic E-state index is 0.157. The molecule has 1 aromatic carbocycles. The van der Waals surface area contributed by atoms with Crippen LogP contribution in [0.1, 0.15) is 26.3 Å². The van der Waals surface area contributed by atoms with E-state index < -0.39 is 12.0 Å². The molecule has 104 valence electrons. The molecule has 1 N–H and O–H groups in total. The summed E-state index contributed by atoms with van der Waals surface area (Å²) in [5, 5.41) is 9.23. The second kappa shape index (κ2) is 6.31. The fourth-order valence-electron chi connectivity index (χ4n) is 1.97. The Labute approximate surface area is 111 Å². The van der Waals surface area contributed by atoms with Crippen molar-refractivity contribution in [2.75, 3.05) is 0 Å². The van der Waals surface area contributed by atoms with E-state index in [1.165, 1.54) is 24.0 Å². The molecule has 5 heteroatoms. The largest absolute Gasteiger partial charge is 0.480 e. The predicted molar refractivity (Wildman–Crippen MR) is 68.9 cm³/mol. The van der Waals surface area contributed by atoms with Crippen LogP contribution < -0.4 is 0 Å². The molecule has 4 nitrogen and oxygen atoms in total. The first-order valence-electron chi connectivity index (χ1n) is 6.07. The van der Waals surface area contributed by atoms with Crippen molar-refractivity contribution in [3.63, 3.8) is 0 Å². The number of hydrogen-bond donors (Lipinski definition) is 1. The molecule has 0 aliphatic rings. The average molecular weight is 267 g/mol. The van der Waals surface area contributed by atoms with Gasteiger partial charge in [0.1, 0.15) is 11.9 Å². The van der Waals surface area contributed by atoms with Crippen molar-refractivity contribution in [3.8, 4) is 0 Å². The maximum atomic E-state index is 12.8. The van der Waals surface area contributed by atoms with Crippen molar-refractivity contribution in [1.29, 1.82) is 0 Å². The van der Waals surface area contributed by atoms with Crippen molar-refractivity contribution in [2.24, 2.45) is 5.92 Å². The van der Waals surface area contributed by atoms with Gasteiger partial charge in [0.05, 0.1) is 0 Å². The third kappa shape index (κ3) is 4.05. The third-order valence-electron chi connectivity index (χ3n) is 2.89. The first-order chi connectivity index (χ1) is 8.82. The van der Waals surface area contributed by atoms with Crippen LogP contribution in [0.5, 0.6) is 0 Å². The topological polar surface area (TPSA) is 57.6 Å². The SMILES string of the molecule is CC(=O)N(Cc1ccc(F)cc1)C(C(=O)O)C(C)C. The number of carboxylic acids is 1. The molecule has 0 heterocycles. The van der Waals surface area contributed by atoms with Gasteiger partial charge in [-0.25, -0.2) is 9.18 Å². The second-order valence-corrected chi connectivity index (χ2v) is 4.80. The molecular weight excluding hydrogens is 249 g/mol. The van der Waals surface area contributed by atoms with Gasteiger partial charge in [-0.05, 0) is 23.6 Å². The zero-order chi connectivity index (χ0) is 14.6. The van der Waals surface area contributed by atoms with E-state index in [-0.39, 0.29) is 24.2 Å². The summed E-state index contributed by atoms with van der Waals surface area (Å²) >= 11 is 0. The molecule has 1 atom stereocenters. The minimum Gasteiger partial charge on any atom is -0.480 e. The maximum absolute atomic E-state index is 12.8. The lowest BCUT2D eigenvalue weighted by molar-refractivity contribution is -0.152. The Balaban J connectivity index is 2.97. The van der Waals surface area contributed by atoms with Gasteiger partial charge in [0.15, 0.2) is 0 Å². The Hall–Kier alpha value is -1.91. The van der Waals surface area contributed by atoms with Crippen molar-refractivity contribution in [1.82, 2.24) is 4.90 Å². The van der Waals surface area contributed by atoms with Crippen LogP contribution in [0.2, 0.25) is 0 Å². The number of aliphatic carboxylic acids is 1. The number of amides is 1. The molecule has 0 aromatic heterocycles. The van der Waals surface area contributed by atoms with E-state index in [2.05, 4.69) is 0 Å². The molecule has 1 aromatic rings. The van der Waals surface area contributed by atoms with E-state index in [9.17, 15) is 19.1 Å². The van der Waals surface area contributed by atoms with Crippen LogP contribution in [-0.4, -0.2) is 27.9 Å². The summed E-state index contributed by atoms with van der Waals surface area (Å²) in [6.07, 6.45) is 0. The number of nitrogens with zero attached hydrogens (tertiary/aromatic N) is 1. The lowest BCUT2D eigenvalue weighted by Crippen LogP contribution is -2.46. The van der Waals surface area contributed by atoms with Gasteiger partial charge < -0.3 is 10.0 Å². The van der Waals surface area contributed by atoms with Gasteiger partial charge in [-0.1, -0.05) is 26.0 Å². The van der Waals surface area contributed by atoms with E-state index in [0.717, 1.165) is 0 Å². The number of carbonyl (C=O) groups is 2. The Morgan fingerprint density at radius 3 is 2.16 bits per heavy atom. The molecule has 0 fully saturated rings. The fourth-order valence-corrected chi connectivity index (χ4v) is 1.97. The molecule has 0 bridgehead atoms. The highest BCUT2D eigenvalue weighted by Crippen LogP contribution is 2.16. The lowest BCUT2D eigenvalue weighted by Gasteiger charge is -2.30. The van der Waals surface area contributed by atoms with Gasteiger partial charge in [0, 0.05) is 13.5 Å². The fraction of sp³-hybridized carbons (Fsp3) is 0.429. The van der Waals surface area contributed by atoms with Crippen LogP contribution in [0.15, 0.2) is 24.3 Å². The van der Waals surface area contributed by atoms with E-state index in [0.29, 0.717) is 5.56 Å². The van der Waals surface area contributed by atoms with Crippen LogP contribution in [-0.2, 0) is 16.1 Å². The van der Waals surface area contributed by atoms with Gasteiger partial charge in [0.25, 0.3) is 0 Å². The van der Waals surface area contributed by atoms with Gasteiger partial charge in [-0.15, -0.1) is 0 Å². The predicted octanol–water partition coefficient (Wildman–Crippen LogP) is 2.28. The van der Waals surface area contributed by atoms with E-state index in [4.69, 9.17) is 0 Å². The van der Waals surface area contributed by atoms with Crippen LogP contribution in [0.3, 0.4) is 0 Å². The molecule has 0 radical (unpaired) electrons. The summed E-state index contributed by atoms with van der Waals surface area (Å²) in [5.74, 6) is -1.92. The second-order valence-electron chi connectivity index (χ2n) is 4.80. The zero-order valence-electron chi connectivity index (χ0n) is 11.3. The quantitative estimate of drug-likeness (QED) is 0.890. The number of carboxylic acid groups (broad SMARTS) is 1. The van der Waals surface area contributed by atoms with E-state index >= 15 is 0 Å². The van der Waals surface area contributed by atoms with Crippen LogP contribution in [0.4, 0.5) is 4.39 Å². The molecule has 0 saturated heterocycles. The number of benzene rings is 1. The molecular formula is C14H18FNO3. The Morgan fingerprint density at radius 1 is 1.26 bits per heavy atom. The summed E-state index contributed by atoms with van der Waals surface area (Å²) in [6.45, 7) is 4.99. The first kappa shape index (κ1) is 15.1. The third-order valence-corrected chi connectivity index (χ3v) is 2.89. The normalized spacial score (nSPS) is 12.3. The molecule has 1 unspecified atom stereocenters. The number of hydrogen-bond acceptors (Lipinski definition) is 2. The molecule has 0 spiro atoms. The van der Waals surface area contributed by atoms with Crippen molar-refractivity contribution < 1.29 is 19.1 Å². The minimum atomic E-state index is -1.03. The smallest absolute Gasteiger partial charge is 0.326 e. The van der Waals surface area contributed by atoms with E-state index in [1.807, 2.05) is 0 Å². The molecule has 0 aliphatic carbocycles. The highest BCUT2D eigenvalue weighted by molar-refractivity contribution is 5.82. The van der Waals surface area contributed by atoms with Gasteiger partial charge >= 0.3 is 5.97 Å². The molecule has 0 saturated carbocycles. The lowest BCUT2D eigenvalue weighted by atomic mass is 10.0. The highest BCUT2D eigenvalue weighted by Gasteiger charge is 2.30. The first-order valence-corrected chi connectivity index (χ1v) is 6.07. The average Bonchev–Trinajstić information content (AvgIpc) is 2.29. The summed E-state index contributed by atoms with van der Waals surface area (Å²) in [7, 11) is 0. The van der Waals surface area contributed by atoms with Crippen LogP contribution in [0, 0.1) is 11.7 Å². The molecule has 0 aliphatic heterocycles. The van der Waals surface area contributed by atoms with Crippen molar-refractivity contribution in [3.05, 3.63) is 35.6 Å². The van der Waals surface area contributed by atoms with Crippen LogP contribution in [0.25, 0.3) is 0 Å². The van der Waals surface area contributed by atoms with Crippen molar-refractivity contribution >= 4 is 11.9 Å². The van der Waals surface area contributed by atoms with Gasteiger partial charge in [0.2, 0.25) is 5.91 Å². The molecule has 1 rings (SSSR count). The van der Waals surface area contributed by atoms with E-state index in [1.54, 1.807) is 26.0 Å². The number of carbonyl (C=O) groups excluding carboxylic acids is 1. The molecule has 1 amide bonds. The summed E-state index contributed by atoms with van der Waals surface area (Å²) in [5.41, 5.74) is 0.698. The Kier molecular flexibility index (Phi) is 5.03. The zero-order valence-corrected chi connectivity index (χ0v) is 11.3. The maximum Gasteiger partial charge on any atom is 0.326 e. The van der Waals surface area contributed by atoms with Crippen LogP contribution >= 0.6 is 0 Å². The Bertz CT molecular complexity index is 456. The summed E-state index contributed by atoms with van der Waals surface area (Å²) in [6, 6.07) is 4.79. The summed E-state index contributed by atoms with van der Waals surface area (Å²) < 4.78 is 12.8. The standard InChI is InChI=1S/C14H18FNO3/c1-9(2)13(14(18)19)16(10(3)17)8-11-4-6-12(15)7-5-11/h4-7,9,13H,8H2,1-3H3,(H,18,19). The van der Waals surface area contributed by atoms with Crippen molar-refractivity contribution in [2.45, 2.75) is 33.4 Å².